The fraction of sp³-hybridized carbons (Fsp3) is 0.200. The molecule has 1 heterocycles. The Labute approximate surface area is 147 Å². The van der Waals surface area contributed by atoms with Crippen LogP contribution in [0.4, 0.5) is 0 Å². The number of rotatable bonds is 6. The van der Waals surface area contributed by atoms with Crippen LogP contribution >= 0.6 is 0 Å². The molecule has 0 unspecified atom stereocenters. The molecule has 0 bridgehead atoms. The first kappa shape index (κ1) is 16.8. The van der Waals surface area contributed by atoms with Gasteiger partial charge in [0.2, 0.25) is 0 Å². The zero-order valence-corrected chi connectivity index (χ0v) is 14.4. The van der Waals surface area contributed by atoms with Crippen molar-refractivity contribution in [3.8, 4) is 5.75 Å². The largest absolute Gasteiger partial charge is 0.497 e. The summed E-state index contributed by atoms with van der Waals surface area (Å²) in [6, 6.07) is 15.5. The predicted octanol–water partition coefficient (Wildman–Crippen LogP) is 3.21. The Hall–Kier alpha value is -3.08. The molecule has 0 spiro atoms. The summed E-state index contributed by atoms with van der Waals surface area (Å²) in [4.78, 5) is 18.3. The molecule has 128 valence electrons. The fourth-order valence-corrected chi connectivity index (χ4v) is 2.64. The van der Waals surface area contributed by atoms with Gasteiger partial charge in [0.05, 0.1) is 13.4 Å². The molecular formula is C20H21N3O2. The average Bonchev–Trinajstić information content (AvgIpc) is 3.15. The maximum absolute atomic E-state index is 12.6. The number of imidazole rings is 1. The topological polar surface area (TPSA) is 47.4 Å². The number of methoxy groups -OCH3 is 1. The first-order chi connectivity index (χ1) is 12.2. The number of hydrogen-bond donors (Lipinski definition) is 0. The highest BCUT2D eigenvalue weighted by atomic mass is 16.5. The summed E-state index contributed by atoms with van der Waals surface area (Å²) in [7, 11) is 3.45. The second-order valence-corrected chi connectivity index (χ2v) is 5.94. The van der Waals surface area contributed by atoms with Gasteiger partial charge in [-0.1, -0.05) is 24.3 Å². The maximum atomic E-state index is 12.6. The lowest BCUT2D eigenvalue weighted by molar-refractivity contribution is 0.0785. The van der Waals surface area contributed by atoms with E-state index in [0.29, 0.717) is 12.1 Å². The number of aromatic nitrogens is 2. The summed E-state index contributed by atoms with van der Waals surface area (Å²) in [6.07, 6.45) is 5.45. The van der Waals surface area contributed by atoms with Gasteiger partial charge in [-0.05, 0) is 35.4 Å². The summed E-state index contributed by atoms with van der Waals surface area (Å²) in [6.45, 7) is 1.30. The maximum Gasteiger partial charge on any atom is 0.253 e. The molecule has 0 aliphatic rings. The van der Waals surface area contributed by atoms with E-state index >= 15 is 0 Å². The van der Waals surface area contributed by atoms with Crippen molar-refractivity contribution in [3.05, 3.63) is 83.9 Å². The zero-order valence-electron chi connectivity index (χ0n) is 14.4. The highest BCUT2D eigenvalue weighted by Crippen LogP contribution is 2.14. The van der Waals surface area contributed by atoms with E-state index in [9.17, 15) is 4.79 Å². The van der Waals surface area contributed by atoms with Gasteiger partial charge >= 0.3 is 0 Å². The van der Waals surface area contributed by atoms with Crippen molar-refractivity contribution in [3.63, 3.8) is 0 Å². The molecule has 0 saturated carbocycles. The molecule has 0 fully saturated rings. The van der Waals surface area contributed by atoms with E-state index in [1.807, 2.05) is 66.3 Å². The van der Waals surface area contributed by atoms with Crippen LogP contribution in [0.1, 0.15) is 21.5 Å². The van der Waals surface area contributed by atoms with Crippen molar-refractivity contribution in [1.82, 2.24) is 14.5 Å². The lowest BCUT2D eigenvalue weighted by Gasteiger charge is -2.18. The molecule has 0 aliphatic carbocycles. The quantitative estimate of drug-likeness (QED) is 0.695. The summed E-state index contributed by atoms with van der Waals surface area (Å²) in [5.74, 6) is 0.816. The minimum Gasteiger partial charge on any atom is -0.497 e. The third-order valence-corrected chi connectivity index (χ3v) is 4.05. The smallest absolute Gasteiger partial charge is 0.253 e. The Kier molecular flexibility index (Phi) is 5.14. The Morgan fingerprint density at radius 1 is 1.08 bits per heavy atom. The van der Waals surface area contributed by atoms with Gasteiger partial charge < -0.3 is 14.2 Å². The van der Waals surface area contributed by atoms with Gasteiger partial charge in [0.25, 0.3) is 5.91 Å². The van der Waals surface area contributed by atoms with E-state index in [1.54, 1.807) is 24.5 Å². The van der Waals surface area contributed by atoms with E-state index in [4.69, 9.17) is 4.74 Å². The molecule has 0 saturated heterocycles. The second-order valence-electron chi connectivity index (χ2n) is 5.94. The molecule has 3 rings (SSSR count). The number of carbonyl (C=O) groups is 1. The lowest BCUT2D eigenvalue weighted by atomic mass is 10.1. The molecule has 0 radical (unpaired) electrons. The van der Waals surface area contributed by atoms with Crippen LogP contribution in [-0.4, -0.2) is 34.5 Å². The minimum atomic E-state index is 0.00463. The van der Waals surface area contributed by atoms with E-state index < -0.39 is 0 Å². The van der Waals surface area contributed by atoms with Crippen molar-refractivity contribution in [1.29, 1.82) is 0 Å². The number of hydrogen-bond acceptors (Lipinski definition) is 3. The molecule has 0 N–H and O–H groups in total. The van der Waals surface area contributed by atoms with Gasteiger partial charge in [-0.15, -0.1) is 0 Å². The summed E-state index contributed by atoms with van der Waals surface area (Å²) in [5.41, 5.74) is 2.88. The third-order valence-electron chi connectivity index (χ3n) is 4.05. The molecule has 0 atom stereocenters. The monoisotopic (exact) mass is 335 g/mol. The number of ether oxygens (including phenoxy) is 1. The van der Waals surface area contributed by atoms with Crippen LogP contribution in [0.3, 0.4) is 0 Å². The summed E-state index contributed by atoms with van der Waals surface area (Å²) >= 11 is 0. The van der Waals surface area contributed by atoms with E-state index in [-0.39, 0.29) is 5.91 Å². The van der Waals surface area contributed by atoms with Gasteiger partial charge in [0.1, 0.15) is 5.75 Å². The van der Waals surface area contributed by atoms with Crippen LogP contribution in [0, 0.1) is 0 Å². The summed E-state index contributed by atoms with van der Waals surface area (Å²) < 4.78 is 7.15. The van der Waals surface area contributed by atoms with E-state index in [1.165, 1.54) is 0 Å². The van der Waals surface area contributed by atoms with Gasteiger partial charge in [-0.25, -0.2) is 4.98 Å². The first-order valence-corrected chi connectivity index (χ1v) is 8.09. The molecule has 5 heteroatoms. The van der Waals surface area contributed by atoms with Crippen molar-refractivity contribution in [2.45, 2.75) is 13.1 Å². The molecule has 1 amide bonds. The van der Waals surface area contributed by atoms with Crippen molar-refractivity contribution < 1.29 is 9.53 Å². The van der Waals surface area contributed by atoms with E-state index in [0.717, 1.165) is 23.4 Å². The zero-order chi connectivity index (χ0) is 17.6. The SMILES string of the molecule is COc1ccc(CN(C)C(=O)c2ccc(Cn3ccnc3)cc2)cc1. The Morgan fingerprint density at radius 3 is 2.36 bits per heavy atom. The standard InChI is InChI=1S/C20H21N3O2/c1-22(13-16-5-9-19(25-2)10-6-16)20(24)18-7-3-17(4-8-18)14-23-12-11-21-15-23/h3-12,15H,13-14H2,1-2H3. The molecular weight excluding hydrogens is 314 g/mol. The number of nitrogens with zero attached hydrogens (tertiary/aromatic N) is 3. The Balaban J connectivity index is 1.62. The number of benzene rings is 2. The Bertz CT molecular complexity index is 809. The van der Waals surface area contributed by atoms with Gasteiger partial charge in [-0.3, -0.25) is 4.79 Å². The molecule has 0 aliphatic heterocycles. The van der Waals surface area contributed by atoms with Crippen molar-refractivity contribution in [2.75, 3.05) is 14.2 Å². The van der Waals surface area contributed by atoms with Crippen LogP contribution < -0.4 is 4.74 Å². The van der Waals surface area contributed by atoms with Crippen molar-refractivity contribution >= 4 is 5.91 Å². The van der Waals surface area contributed by atoms with Crippen LogP contribution in [0.5, 0.6) is 5.75 Å². The van der Waals surface area contributed by atoms with Crippen LogP contribution in [-0.2, 0) is 13.1 Å². The first-order valence-electron chi connectivity index (χ1n) is 8.09. The van der Waals surface area contributed by atoms with Gasteiger partial charge in [0, 0.05) is 38.1 Å². The van der Waals surface area contributed by atoms with Crippen LogP contribution in [0.15, 0.2) is 67.3 Å². The third kappa shape index (κ3) is 4.26. The number of amides is 1. The van der Waals surface area contributed by atoms with Crippen LogP contribution in [0.25, 0.3) is 0 Å². The molecule has 5 nitrogen and oxygen atoms in total. The fourth-order valence-electron chi connectivity index (χ4n) is 2.64. The average molecular weight is 335 g/mol. The summed E-state index contributed by atoms with van der Waals surface area (Å²) in [5, 5.41) is 0. The number of carbonyl (C=O) groups excluding carboxylic acids is 1. The Morgan fingerprint density at radius 2 is 1.76 bits per heavy atom. The lowest BCUT2D eigenvalue weighted by Crippen LogP contribution is -2.26. The predicted molar refractivity (Wildman–Crippen MR) is 96.6 cm³/mol. The molecule has 25 heavy (non-hydrogen) atoms. The van der Waals surface area contributed by atoms with Crippen LogP contribution in [0.2, 0.25) is 0 Å². The second kappa shape index (κ2) is 7.66. The minimum absolute atomic E-state index is 0.00463. The normalized spacial score (nSPS) is 10.5. The van der Waals surface area contributed by atoms with E-state index in [2.05, 4.69) is 4.98 Å². The van der Waals surface area contributed by atoms with Gasteiger partial charge in [0.15, 0.2) is 0 Å². The highest BCUT2D eigenvalue weighted by Gasteiger charge is 2.12. The molecule has 2 aromatic carbocycles. The highest BCUT2D eigenvalue weighted by molar-refractivity contribution is 5.94. The molecule has 3 aromatic rings. The van der Waals surface area contributed by atoms with Crippen molar-refractivity contribution in [2.24, 2.45) is 0 Å². The molecule has 1 aromatic heterocycles. The van der Waals surface area contributed by atoms with Gasteiger partial charge in [-0.2, -0.15) is 0 Å².